The zero-order valence-corrected chi connectivity index (χ0v) is 11.3. The summed E-state index contributed by atoms with van der Waals surface area (Å²) in [6, 6.07) is 1.59. The van der Waals surface area contributed by atoms with Crippen molar-refractivity contribution in [3.8, 4) is 0 Å². The van der Waals surface area contributed by atoms with Crippen molar-refractivity contribution in [2.75, 3.05) is 0 Å². The average molecular weight is 240 g/mol. The normalized spacial score (nSPS) is 11.8. The molecule has 0 aliphatic heterocycles. The van der Waals surface area contributed by atoms with Gasteiger partial charge in [0.1, 0.15) is 5.82 Å². The highest BCUT2D eigenvalue weighted by atomic mass is 32.2. The quantitative estimate of drug-likeness (QED) is 0.880. The smallest absolute Gasteiger partial charge is 0.251 e. The van der Waals surface area contributed by atoms with E-state index in [0.717, 1.165) is 30.1 Å². The van der Waals surface area contributed by atoms with Crippen LogP contribution in [0.3, 0.4) is 0 Å². The Hall–Kier alpha value is -0.770. The number of thioether (sulfide) groups is 1. The summed E-state index contributed by atoms with van der Waals surface area (Å²) < 4.78 is 0.194. The zero-order valence-electron chi connectivity index (χ0n) is 10.5. The average Bonchev–Trinajstić information content (AvgIpc) is 2.13. The van der Waals surface area contributed by atoms with E-state index in [-0.39, 0.29) is 10.3 Å². The minimum atomic E-state index is -0.0389. The molecule has 1 N–H and O–H groups in total. The molecule has 0 bridgehead atoms. The van der Waals surface area contributed by atoms with Crippen LogP contribution in [0.5, 0.6) is 0 Å². The fourth-order valence-electron chi connectivity index (χ4n) is 1.30. The second-order valence-corrected chi connectivity index (χ2v) is 6.64. The van der Waals surface area contributed by atoms with E-state index in [2.05, 4.69) is 37.7 Å². The summed E-state index contributed by atoms with van der Waals surface area (Å²) in [6.07, 6.45) is 1.89. The monoisotopic (exact) mass is 240 g/mol. The lowest BCUT2D eigenvalue weighted by molar-refractivity contribution is 0.796. The first-order valence-corrected chi connectivity index (χ1v) is 6.62. The van der Waals surface area contributed by atoms with Crippen LogP contribution in [0.1, 0.15) is 45.6 Å². The Bertz CT molecular complexity index is 393. The molecule has 0 fully saturated rings. The van der Waals surface area contributed by atoms with Gasteiger partial charge in [-0.2, -0.15) is 0 Å². The summed E-state index contributed by atoms with van der Waals surface area (Å²) in [5.74, 6) is 1.55. The Balaban J connectivity index is 2.76. The molecule has 0 aromatic carbocycles. The maximum absolute atomic E-state index is 11.4. The molecule has 0 aliphatic rings. The zero-order chi connectivity index (χ0) is 12.2. The lowest BCUT2D eigenvalue weighted by Crippen LogP contribution is -2.14. The molecule has 4 heteroatoms. The minimum absolute atomic E-state index is 0.0389. The van der Waals surface area contributed by atoms with Crippen molar-refractivity contribution in [3.63, 3.8) is 0 Å². The molecule has 3 nitrogen and oxygen atoms in total. The molecule has 16 heavy (non-hydrogen) atoms. The molecule has 90 valence electrons. The summed E-state index contributed by atoms with van der Waals surface area (Å²) in [5.41, 5.74) is 0.860. The van der Waals surface area contributed by atoms with E-state index in [1.807, 2.05) is 0 Å². The van der Waals surface area contributed by atoms with Gasteiger partial charge in [0.05, 0.1) is 5.75 Å². The molecule has 0 aliphatic carbocycles. The van der Waals surface area contributed by atoms with E-state index in [4.69, 9.17) is 0 Å². The maximum Gasteiger partial charge on any atom is 0.251 e. The highest BCUT2D eigenvalue weighted by molar-refractivity contribution is 7.99. The van der Waals surface area contributed by atoms with Crippen LogP contribution in [-0.2, 0) is 12.2 Å². The van der Waals surface area contributed by atoms with Gasteiger partial charge in [-0.05, 0) is 6.42 Å². The second-order valence-electron chi connectivity index (χ2n) is 4.83. The molecule has 1 rings (SSSR count). The molecule has 0 unspecified atom stereocenters. The lowest BCUT2D eigenvalue weighted by Gasteiger charge is -2.16. The van der Waals surface area contributed by atoms with Crippen LogP contribution in [0.15, 0.2) is 10.9 Å². The molecule has 0 atom stereocenters. The fraction of sp³-hybridized carbons (Fsp3) is 0.667. The van der Waals surface area contributed by atoms with Crippen LogP contribution in [0.25, 0.3) is 0 Å². The minimum Gasteiger partial charge on any atom is -0.310 e. The van der Waals surface area contributed by atoms with Gasteiger partial charge in [0.25, 0.3) is 5.56 Å². The van der Waals surface area contributed by atoms with Gasteiger partial charge in [0.15, 0.2) is 0 Å². The largest absolute Gasteiger partial charge is 0.310 e. The van der Waals surface area contributed by atoms with Crippen LogP contribution in [0, 0.1) is 0 Å². The first-order chi connectivity index (χ1) is 7.40. The SMILES string of the molecule is CCCc1cc(=O)[nH]c(CSC(C)(C)C)n1. The van der Waals surface area contributed by atoms with Gasteiger partial charge in [0.2, 0.25) is 0 Å². The van der Waals surface area contributed by atoms with Crippen molar-refractivity contribution in [2.45, 2.75) is 51.0 Å². The number of nitrogens with zero attached hydrogens (tertiary/aromatic N) is 1. The molecule has 1 aromatic rings. The first-order valence-electron chi connectivity index (χ1n) is 5.64. The molecular weight excluding hydrogens is 220 g/mol. The third-order valence-electron chi connectivity index (χ3n) is 1.99. The predicted molar refractivity (Wildman–Crippen MR) is 69.9 cm³/mol. The van der Waals surface area contributed by atoms with Gasteiger partial charge in [-0.15, -0.1) is 11.8 Å². The molecule has 1 heterocycles. The van der Waals surface area contributed by atoms with Crippen molar-refractivity contribution < 1.29 is 0 Å². The number of H-pyrrole nitrogens is 1. The van der Waals surface area contributed by atoms with E-state index < -0.39 is 0 Å². The second kappa shape index (κ2) is 5.53. The number of aromatic amines is 1. The van der Waals surface area contributed by atoms with Gasteiger partial charge in [-0.25, -0.2) is 4.98 Å². The number of aryl methyl sites for hydroxylation is 1. The summed E-state index contributed by atoms with van der Waals surface area (Å²) in [7, 11) is 0. The van der Waals surface area contributed by atoms with E-state index in [1.165, 1.54) is 0 Å². The standard InChI is InChI=1S/C12H20N2OS/c1-5-6-9-7-11(15)14-10(13-9)8-16-12(2,3)4/h7H,5-6,8H2,1-4H3,(H,13,14,15). The van der Waals surface area contributed by atoms with Crippen LogP contribution in [0.2, 0.25) is 0 Å². The molecule has 0 amide bonds. The molecule has 0 spiro atoms. The highest BCUT2D eigenvalue weighted by Crippen LogP contribution is 2.25. The van der Waals surface area contributed by atoms with E-state index in [0.29, 0.717) is 0 Å². The Morgan fingerprint density at radius 1 is 1.44 bits per heavy atom. The third kappa shape index (κ3) is 4.84. The third-order valence-corrected chi connectivity index (χ3v) is 3.28. The molecule has 0 saturated carbocycles. The Labute approximate surface area is 101 Å². The van der Waals surface area contributed by atoms with Crippen LogP contribution < -0.4 is 5.56 Å². The van der Waals surface area contributed by atoms with Gasteiger partial charge in [0, 0.05) is 16.5 Å². The first kappa shape index (κ1) is 13.3. The van der Waals surface area contributed by atoms with Crippen molar-refractivity contribution >= 4 is 11.8 Å². The predicted octanol–water partition coefficient (Wildman–Crippen LogP) is 2.75. The number of hydrogen-bond donors (Lipinski definition) is 1. The van der Waals surface area contributed by atoms with E-state index in [1.54, 1.807) is 17.8 Å². The summed E-state index contributed by atoms with van der Waals surface area (Å²) >= 11 is 1.79. The highest BCUT2D eigenvalue weighted by Gasteiger charge is 2.11. The van der Waals surface area contributed by atoms with E-state index in [9.17, 15) is 4.79 Å². The van der Waals surface area contributed by atoms with Crippen molar-refractivity contribution in [2.24, 2.45) is 0 Å². The van der Waals surface area contributed by atoms with Gasteiger partial charge < -0.3 is 4.98 Å². The molecule has 1 aromatic heterocycles. The number of aromatic nitrogens is 2. The Morgan fingerprint density at radius 2 is 2.12 bits per heavy atom. The Morgan fingerprint density at radius 3 is 2.69 bits per heavy atom. The summed E-state index contributed by atoms with van der Waals surface area (Å²) in [4.78, 5) is 18.6. The number of nitrogens with one attached hydrogen (secondary N) is 1. The maximum atomic E-state index is 11.4. The lowest BCUT2D eigenvalue weighted by atomic mass is 10.2. The molecular formula is C12H20N2OS. The fourth-order valence-corrected chi connectivity index (χ4v) is 2.01. The Kier molecular flexibility index (Phi) is 4.59. The molecule has 0 radical (unpaired) electrons. The van der Waals surface area contributed by atoms with Crippen LogP contribution in [0.4, 0.5) is 0 Å². The van der Waals surface area contributed by atoms with Gasteiger partial charge in [-0.1, -0.05) is 34.1 Å². The molecule has 0 saturated heterocycles. The number of hydrogen-bond acceptors (Lipinski definition) is 3. The van der Waals surface area contributed by atoms with Crippen molar-refractivity contribution in [1.29, 1.82) is 0 Å². The van der Waals surface area contributed by atoms with Crippen molar-refractivity contribution in [1.82, 2.24) is 9.97 Å². The summed E-state index contributed by atoms with van der Waals surface area (Å²) in [6.45, 7) is 8.56. The number of rotatable bonds is 4. The van der Waals surface area contributed by atoms with Crippen molar-refractivity contribution in [3.05, 3.63) is 27.9 Å². The van der Waals surface area contributed by atoms with Crippen LogP contribution in [-0.4, -0.2) is 14.7 Å². The van der Waals surface area contributed by atoms with E-state index >= 15 is 0 Å². The van der Waals surface area contributed by atoms with Gasteiger partial charge >= 0.3 is 0 Å². The topological polar surface area (TPSA) is 45.8 Å². The van der Waals surface area contributed by atoms with Crippen LogP contribution >= 0.6 is 11.8 Å². The summed E-state index contributed by atoms with van der Waals surface area (Å²) in [5, 5.41) is 0. The van der Waals surface area contributed by atoms with Gasteiger partial charge in [-0.3, -0.25) is 4.79 Å².